The van der Waals surface area contributed by atoms with E-state index in [1.807, 2.05) is 6.92 Å². The van der Waals surface area contributed by atoms with E-state index in [9.17, 15) is 9.18 Å². The zero-order chi connectivity index (χ0) is 14.4. The smallest absolute Gasteiger partial charge is 0.224 e. The summed E-state index contributed by atoms with van der Waals surface area (Å²) in [5.74, 6) is -0.348. The monoisotopic (exact) mass is 306 g/mol. The van der Waals surface area contributed by atoms with E-state index in [4.69, 9.17) is 28.9 Å². The molecule has 0 aromatic heterocycles. The number of amides is 1. The molecule has 1 unspecified atom stereocenters. The number of anilines is 1. The van der Waals surface area contributed by atoms with E-state index in [0.717, 1.165) is 25.0 Å². The maximum Gasteiger partial charge on any atom is 0.224 e. The molecule has 3 N–H and O–H groups in total. The summed E-state index contributed by atoms with van der Waals surface area (Å²) in [4.78, 5) is 11.8. The molecule has 1 atom stereocenters. The van der Waals surface area contributed by atoms with Crippen molar-refractivity contribution in [1.29, 1.82) is 0 Å². The highest BCUT2D eigenvalue weighted by molar-refractivity contribution is 6.39. The maximum absolute atomic E-state index is 13.0. The second-order valence-electron chi connectivity index (χ2n) is 4.51. The third-order valence-corrected chi connectivity index (χ3v) is 3.39. The average molecular weight is 307 g/mol. The largest absolute Gasteiger partial charge is 0.330 e. The topological polar surface area (TPSA) is 55.1 Å². The van der Waals surface area contributed by atoms with Crippen molar-refractivity contribution in [1.82, 2.24) is 0 Å². The molecule has 0 saturated heterocycles. The average Bonchev–Trinajstić information content (AvgIpc) is 2.31. The first-order chi connectivity index (χ1) is 8.93. The van der Waals surface area contributed by atoms with Gasteiger partial charge in [0.1, 0.15) is 5.82 Å². The Balaban J connectivity index is 2.58. The zero-order valence-electron chi connectivity index (χ0n) is 10.7. The van der Waals surface area contributed by atoms with Gasteiger partial charge in [-0.1, -0.05) is 30.1 Å². The van der Waals surface area contributed by atoms with Crippen LogP contribution < -0.4 is 11.1 Å². The minimum Gasteiger partial charge on any atom is -0.330 e. The molecular weight excluding hydrogens is 290 g/mol. The Hall–Kier alpha value is -0.840. The van der Waals surface area contributed by atoms with Gasteiger partial charge in [-0.05, 0) is 37.4 Å². The van der Waals surface area contributed by atoms with Crippen molar-refractivity contribution in [3.63, 3.8) is 0 Å². The molecule has 0 aliphatic heterocycles. The molecule has 19 heavy (non-hydrogen) atoms. The fraction of sp³-hybridized carbons (Fsp3) is 0.462. The number of halogens is 3. The van der Waals surface area contributed by atoms with Gasteiger partial charge in [-0.25, -0.2) is 4.39 Å². The van der Waals surface area contributed by atoms with Gasteiger partial charge in [0, 0.05) is 6.42 Å². The Morgan fingerprint density at radius 2 is 1.95 bits per heavy atom. The minimum absolute atomic E-state index is 0.0911. The molecule has 1 aromatic carbocycles. The van der Waals surface area contributed by atoms with Crippen molar-refractivity contribution in [3.05, 3.63) is 28.0 Å². The van der Waals surface area contributed by atoms with Crippen molar-refractivity contribution in [2.24, 2.45) is 11.7 Å². The van der Waals surface area contributed by atoms with Crippen LogP contribution in [-0.2, 0) is 4.79 Å². The molecule has 0 saturated carbocycles. The Morgan fingerprint density at radius 1 is 1.37 bits per heavy atom. The van der Waals surface area contributed by atoms with Gasteiger partial charge in [-0.15, -0.1) is 0 Å². The van der Waals surface area contributed by atoms with Gasteiger partial charge in [0.15, 0.2) is 0 Å². The standard InChI is InChI=1S/C13H17Cl2FN2O/c1-8(4-5-17)2-3-12(19)18-13-10(14)6-9(16)7-11(13)15/h6-8H,2-5,17H2,1H3,(H,18,19). The lowest BCUT2D eigenvalue weighted by Gasteiger charge is -2.12. The van der Waals surface area contributed by atoms with Crippen LogP contribution >= 0.6 is 23.2 Å². The zero-order valence-corrected chi connectivity index (χ0v) is 12.2. The Labute approximate surface area is 122 Å². The highest BCUT2D eigenvalue weighted by Crippen LogP contribution is 2.31. The molecular formula is C13H17Cl2FN2O. The number of benzene rings is 1. The van der Waals surface area contributed by atoms with Crippen molar-refractivity contribution in [3.8, 4) is 0 Å². The molecule has 1 aromatic rings. The Bertz CT molecular complexity index is 431. The molecule has 0 heterocycles. The number of rotatable bonds is 6. The molecule has 0 fully saturated rings. The fourth-order valence-electron chi connectivity index (χ4n) is 1.67. The van der Waals surface area contributed by atoms with Crippen LogP contribution in [0.15, 0.2) is 12.1 Å². The van der Waals surface area contributed by atoms with Crippen molar-refractivity contribution in [2.75, 3.05) is 11.9 Å². The van der Waals surface area contributed by atoms with Crippen LogP contribution in [0.1, 0.15) is 26.2 Å². The van der Waals surface area contributed by atoms with Crippen molar-refractivity contribution in [2.45, 2.75) is 26.2 Å². The lowest BCUT2D eigenvalue weighted by molar-refractivity contribution is -0.116. The molecule has 6 heteroatoms. The first-order valence-electron chi connectivity index (χ1n) is 6.08. The summed E-state index contributed by atoms with van der Waals surface area (Å²) in [5, 5.41) is 2.78. The van der Waals surface area contributed by atoms with Gasteiger partial charge in [0.2, 0.25) is 5.91 Å². The number of carbonyl (C=O) groups is 1. The van der Waals surface area contributed by atoms with Crippen LogP contribution in [0.25, 0.3) is 0 Å². The molecule has 106 valence electrons. The SMILES string of the molecule is CC(CCN)CCC(=O)Nc1c(Cl)cc(F)cc1Cl. The van der Waals surface area contributed by atoms with E-state index in [1.165, 1.54) is 0 Å². The van der Waals surface area contributed by atoms with Crippen LogP contribution in [0.2, 0.25) is 10.0 Å². The Morgan fingerprint density at radius 3 is 2.47 bits per heavy atom. The van der Waals surface area contributed by atoms with E-state index >= 15 is 0 Å². The fourth-order valence-corrected chi connectivity index (χ4v) is 2.22. The molecule has 3 nitrogen and oxygen atoms in total. The first-order valence-corrected chi connectivity index (χ1v) is 6.84. The molecule has 0 aliphatic carbocycles. The van der Waals surface area contributed by atoms with Gasteiger partial charge in [-0.3, -0.25) is 4.79 Å². The molecule has 1 rings (SSSR count). The summed E-state index contributed by atoms with van der Waals surface area (Å²) in [6.45, 7) is 2.65. The number of carbonyl (C=O) groups excluding carboxylic acids is 1. The predicted molar refractivity (Wildman–Crippen MR) is 77.1 cm³/mol. The summed E-state index contributed by atoms with van der Waals surface area (Å²) < 4.78 is 13.0. The first kappa shape index (κ1) is 16.2. The van der Waals surface area contributed by atoms with Gasteiger partial charge in [0.25, 0.3) is 0 Å². The van der Waals surface area contributed by atoms with Gasteiger partial charge < -0.3 is 11.1 Å². The number of nitrogens with two attached hydrogens (primary N) is 1. The summed E-state index contributed by atoms with van der Waals surface area (Å²) >= 11 is 11.7. The van der Waals surface area contributed by atoms with Crippen molar-refractivity contribution >= 4 is 34.8 Å². The van der Waals surface area contributed by atoms with Crippen LogP contribution in [0.4, 0.5) is 10.1 Å². The lowest BCUT2D eigenvalue weighted by Crippen LogP contribution is -2.14. The van der Waals surface area contributed by atoms with Gasteiger partial charge in [0.05, 0.1) is 15.7 Å². The van der Waals surface area contributed by atoms with E-state index in [2.05, 4.69) is 5.32 Å². The second kappa shape index (κ2) is 7.68. The van der Waals surface area contributed by atoms with Gasteiger partial charge >= 0.3 is 0 Å². The van der Waals surface area contributed by atoms with E-state index < -0.39 is 5.82 Å². The third-order valence-electron chi connectivity index (χ3n) is 2.79. The molecule has 1 amide bonds. The summed E-state index contributed by atoms with van der Waals surface area (Å²) in [5.41, 5.74) is 5.69. The number of hydrogen-bond acceptors (Lipinski definition) is 2. The lowest BCUT2D eigenvalue weighted by atomic mass is 10.0. The van der Waals surface area contributed by atoms with E-state index in [0.29, 0.717) is 18.9 Å². The molecule has 0 radical (unpaired) electrons. The highest BCUT2D eigenvalue weighted by Gasteiger charge is 2.12. The molecule has 0 spiro atoms. The quantitative estimate of drug-likeness (QED) is 0.839. The third kappa shape index (κ3) is 5.35. The van der Waals surface area contributed by atoms with Crippen LogP contribution in [-0.4, -0.2) is 12.5 Å². The van der Waals surface area contributed by atoms with E-state index in [-0.39, 0.29) is 21.6 Å². The maximum atomic E-state index is 13.0. The van der Waals surface area contributed by atoms with Gasteiger partial charge in [-0.2, -0.15) is 0 Å². The normalized spacial score (nSPS) is 12.3. The highest BCUT2D eigenvalue weighted by atomic mass is 35.5. The number of hydrogen-bond donors (Lipinski definition) is 2. The Kier molecular flexibility index (Phi) is 6.55. The van der Waals surface area contributed by atoms with E-state index in [1.54, 1.807) is 0 Å². The number of nitrogens with one attached hydrogen (secondary N) is 1. The second-order valence-corrected chi connectivity index (χ2v) is 5.33. The molecule has 0 bridgehead atoms. The predicted octanol–water partition coefficient (Wildman–Crippen LogP) is 3.84. The van der Waals surface area contributed by atoms with Crippen LogP contribution in [0, 0.1) is 11.7 Å². The molecule has 0 aliphatic rings. The van der Waals surface area contributed by atoms with Crippen molar-refractivity contribution < 1.29 is 9.18 Å². The summed E-state index contributed by atoms with van der Waals surface area (Å²) in [6, 6.07) is 2.22. The van der Waals surface area contributed by atoms with Crippen LogP contribution in [0.3, 0.4) is 0 Å². The van der Waals surface area contributed by atoms with Crippen LogP contribution in [0.5, 0.6) is 0 Å². The summed E-state index contributed by atoms with van der Waals surface area (Å²) in [6.07, 6.45) is 1.97. The minimum atomic E-state index is -0.537. The summed E-state index contributed by atoms with van der Waals surface area (Å²) in [7, 11) is 0.